The van der Waals surface area contributed by atoms with Crippen molar-refractivity contribution in [3.63, 3.8) is 0 Å². The number of rotatable bonds is 4. The lowest BCUT2D eigenvalue weighted by Gasteiger charge is -2.15. The van der Waals surface area contributed by atoms with Crippen LogP contribution in [0, 0.1) is 0 Å². The van der Waals surface area contributed by atoms with Crippen LogP contribution < -0.4 is 10.6 Å². The Kier molecular flexibility index (Phi) is 6.50. The predicted molar refractivity (Wildman–Crippen MR) is 77.9 cm³/mol. The van der Waals surface area contributed by atoms with Crippen LogP contribution in [0.25, 0.3) is 0 Å². The summed E-state index contributed by atoms with van der Waals surface area (Å²) in [7, 11) is 1.78. The summed E-state index contributed by atoms with van der Waals surface area (Å²) in [4.78, 5) is 4.16. The van der Waals surface area contributed by atoms with Crippen LogP contribution in [-0.2, 0) is 4.74 Å². The minimum Gasteiger partial charge on any atom is -0.394 e. The number of hydrogen-bond donors (Lipinski definition) is 3. The van der Waals surface area contributed by atoms with Gasteiger partial charge in [0.1, 0.15) is 0 Å². The highest BCUT2D eigenvalue weighted by atomic mass is 127. The van der Waals surface area contributed by atoms with Gasteiger partial charge in [-0.15, -0.1) is 24.0 Å². The van der Waals surface area contributed by atoms with Crippen molar-refractivity contribution in [3.8, 4) is 0 Å². The zero-order chi connectivity index (χ0) is 11.4. The number of guanidine groups is 1. The minimum absolute atomic E-state index is 0. The minimum atomic E-state index is 0. The lowest BCUT2D eigenvalue weighted by atomic mass is 10.2. The van der Waals surface area contributed by atoms with Gasteiger partial charge in [-0.25, -0.2) is 0 Å². The monoisotopic (exact) mass is 355 g/mol. The standard InChI is InChI=1S/C11H21N3O2.HI/c1-12-11(14-8-2-3-8)13-6-9-4-5-10(7-15)16-9;/h8-10,15H,2-7H2,1H3,(H2,12,13,14);1H/t9-,10+;/m1./s1. The molecular formula is C11H22IN3O2. The van der Waals surface area contributed by atoms with Crippen molar-refractivity contribution in [2.24, 2.45) is 4.99 Å². The Bertz CT molecular complexity index is 259. The second-order valence-corrected chi connectivity index (χ2v) is 4.51. The zero-order valence-corrected chi connectivity index (χ0v) is 12.5. The molecule has 1 aliphatic carbocycles. The lowest BCUT2D eigenvalue weighted by molar-refractivity contribution is 0.0140. The van der Waals surface area contributed by atoms with Gasteiger partial charge in [0, 0.05) is 19.6 Å². The Morgan fingerprint density at radius 3 is 2.53 bits per heavy atom. The molecule has 2 rings (SSSR count). The number of hydrogen-bond acceptors (Lipinski definition) is 3. The first-order valence-corrected chi connectivity index (χ1v) is 6.05. The molecular weight excluding hydrogens is 333 g/mol. The molecule has 6 heteroatoms. The van der Waals surface area contributed by atoms with E-state index in [4.69, 9.17) is 9.84 Å². The van der Waals surface area contributed by atoms with Crippen molar-refractivity contribution < 1.29 is 9.84 Å². The molecule has 17 heavy (non-hydrogen) atoms. The van der Waals surface area contributed by atoms with E-state index in [9.17, 15) is 0 Å². The quantitative estimate of drug-likeness (QED) is 0.390. The topological polar surface area (TPSA) is 65.9 Å². The molecule has 1 saturated carbocycles. The third-order valence-electron chi connectivity index (χ3n) is 3.04. The Labute approximate surface area is 119 Å². The fourth-order valence-electron chi connectivity index (χ4n) is 1.89. The Morgan fingerprint density at radius 2 is 2.00 bits per heavy atom. The Hall–Kier alpha value is -0.0800. The highest BCUT2D eigenvalue weighted by Gasteiger charge is 2.26. The molecule has 0 unspecified atom stereocenters. The highest BCUT2D eigenvalue weighted by Crippen LogP contribution is 2.19. The molecule has 0 aromatic rings. The molecule has 0 aromatic carbocycles. The summed E-state index contributed by atoms with van der Waals surface area (Å²) < 4.78 is 5.63. The molecule has 1 saturated heterocycles. The van der Waals surface area contributed by atoms with E-state index < -0.39 is 0 Å². The zero-order valence-electron chi connectivity index (χ0n) is 10.2. The van der Waals surface area contributed by atoms with E-state index in [0.29, 0.717) is 6.04 Å². The Morgan fingerprint density at radius 1 is 1.29 bits per heavy atom. The molecule has 1 aliphatic heterocycles. The first-order chi connectivity index (χ1) is 7.81. The second-order valence-electron chi connectivity index (χ2n) is 4.51. The largest absolute Gasteiger partial charge is 0.394 e. The lowest BCUT2D eigenvalue weighted by Crippen LogP contribution is -2.42. The van der Waals surface area contributed by atoms with Crippen molar-refractivity contribution in [1.29, 1.82) is 0 Å². The third kappa shape index (κ3) is 4.97. The fourth-order valence-corrected chi connectivity index (χ4v) is 1.89. The normalized spacial score (nSPS) is 28.7. The van der Waals surface area contributed by atoms with Gasteiger partial charge in [0.25, 0.3) is 0 Å². The van der Waals surface area contributed by atoms with E-state index in [2.05, 4.69) is 15.6 Å². The molecule has 1 heterocycles. The Balaban J connectivity index is 0.00000144. The van der Waals surface area contributed by atoms with Gasteiger partial charge < -0.3 is 20.5 Å². The van der Waals surface area contributed by atoms with Gasteiger partial charge in [-0.1, -0.05) is 0 Å². The number of aliphatic hydroxyl groups is 1. The average molecular weight is 355 g/mol. The van der Waals surface area contributed by atoms with Crippen molar-refractivity contribution in [1.82, 2.24) is 10.6 Å². The average Bonchev–Trinajstić information content (AvgIpc) is 3.00. The van der Waals surface area contributed by atoms with Crippen LogP contribution in [0.4, 0.5) is 0 Å². The van der Waals surface area contributed by atoms with Gasteiger partial charge in [-0.3, -0.25) is 4.99 Å². The summed E-state index contributed by atoms with van der Waals surface area (Å²) in [5, 5.41) is 15.5. The second kappa shape index (κ2) is 7.38. The number of ether oxygens (including phenoxy) is 1. The number of halogens is 1. The molecule has 0 radical (unpaired) electrons. The predicted octanol–water partition coefficient (Wildman–Crippen LogP) is 0.472. The molecule has 0 spiro atoms. The van der Waals surface area contributed by atoms with Gasteiger partial charge in [0.2, 0.25) is 0 Å². The molecule has 100 valence electrons. The summed E-state index contributed by atoms with van der Waals surface area (Å²) in [6.07, 6.45) is 4.69. The fraction of sp³-hybridized carbons (Fsp3) is 0.909. The van der Waals surface area contributed by atoms with Gasteiger partial charge in [-0.2, -0.15) is 0 Å². The molecule has 3 N–H and O–H groups in total. The molecule has 5 nitrogen and oxygen atoms in total. The van der Waals surface area contributed by atoms with Crippen molar-refractivity contribution >= 4 is 29.9 Å². The van der Waals surface area contributed by atoms with E-state index >= 15 is 0 Å². The molecule has 2 atom stereocenters. The van der Waals surface area contributed by atoms with Crippen molar-refractivity contribution in [2.75, 3.05) is 20.2 Å². The maximum absolute atomic E-state index is 8.95. The molecule has 0 amide bonds. The first kappa shape index (κ1) is 15.0. The van der Waals surface area contributed by atoms with E-state index in [0.717, 1.165) is 25.3 Å². The van der Waals surface area contributed by atoms with Gasteiger partial charge in [-0.05, 0) is 25.7 Å². The summed E-state index contributed by atoms with van der Waals surface area (Å²) in [6, 6.07) is 0.612. The van der Waals surface area contributed by atoms with Crippen LogP contribution in [-0.4, -0.2) is 49.5 Å². The number of aliphatic hydroxyl groups excluding tert-OH is 1. The van der Waals surface area contributed by atoms with Gasteiger partial charge in [0.05, 0.1) is 18.8 Å². The summed E-state index contributed by atoms with van der Waals surface area (Å²) in [6.45, 7) is 0.897. The number of nitrogens with zero attached hydrogens (tertiary/aromatic N) is 1. The van der Waals surface area contributed by atoms with Crippen LogP contribution in [0.15, 0.2) is 4.99 Å². The van der Waals surface area contributed by atoms with Gasteiger partial charge in [0.15, 0.2) is 5.96 Å². The molecule has 2 aliphatic rings. The van der Waals surface area contributed by atoms with Crippen LogP contribution >= 0.6 is 24.0 Å². The van der Waals surface area contributed by atoms with Crippen molar-refractivity contribution in [2.45, 2.75) is 43.9 Å². The van der Waals surface area contributed by atoms with Gasteiger partial charge >= 0.3 is 0 Å². The third-order valence-corrected chi connectivity index (χ3v) is 3.04. The summed E-state index contributed by atoms with van der Waals surface area (Å²) in [5.41, 5.74) is 0. The number of aliphatic imine (C=N–C) groups is 1. The number of nitrogens with one attached hydrogen (secondary N) is 2. The smallest absolute Gasteiger partial charge is 0.191 e. The summed E-state index contributed by atoms with van der Waals surface area (Å²) >= 11 is 0. The van der Waals surface area contributed by atoms with E-state index in [-0.39, 0.29) is 42.8 Å². The van der Waals surface area contributed by atoms with Crippen LogP contribution in [0.5, 0.6) is 0 Å². The SMILES string of the molecule is CN=C(NC[C@H]1CC[C@@H](CO)O1)NC1CC1.I. The maximum atomic E-state index is 8.95. The summed E-state index contributed by atoms with van der Waals surface area (Å²) in [5.74, 6) is 0.860. The van der Waals surface area contributed by atoms with E-state index in [1.807, 2.05) is 0 Å². The van der Waals surface area contributed by atoms with Crippen molar-refractivity contribution in [3.05, 3.63) is 0 Å². The van der Waals surface area contributed by atoms with E-state index in [1.165, 1.54) is 12.8 Å². The van der Waals surface area contributed by atoms with Crippen LogP contribution in [0.2, 0.25) is 0 Å². The first-order valence-electron chi connectivity index (χ1n) is 6.05. The van der Waals surface area contributed by atoms with E-state index in [1.54, 1.807) is 7.05 Å². The molecule has 2 fully saturated rings. The highest BCUT2D eigenvalue weighted by molar-refractivity contribution is 14.0. The van der Waals surface area contributed by atoms with Crippen LogP contribution in [0.3, 0.4) is 0 Å². The molecule has 0 aromatic heterocycles. The van der Waals surface area contributed by atoms with Crippen LogP contribution in [0.1, 0.15) is 25.7 Å². The molecule has 0 bridgehead atoms. The maximum Gasteiger partial charge on any atom is 0.191 e.